The van der Waals surface area contributed by atoms with Gasteiger partial charge in [0.25, 0.3) is 0 Å². The van der Waals surface area contributed by atoms with Gasteiger partial charge >= 0.3 is 0 Å². The van der Waals surface area contributed by atoms with Gasteiger partial charge in [-0.05, 0) is 36.6 Å². The van der Waals surface area contributed by atoms with E-state index in [1.165, 1.54) is 0 Å². The molecule has 1 heterocycles. The molecule has 23 heavy (non-hydrogen) atoms. The number of carbonyl (C=O) groups is 1. The maximum atomic E-state index is 12.6. The molecule has 2 aromatic carbocycles. The Morgan fingerprint density at radius 3 is 2.61 bits per heavy atom. The molecule has 3 aromatic rings. The number of aryl methyl sites for hydroxylation is 1. The molecule has 0 amide bonds. The lowest BCUT2D eigenvalue weighted by atomic mass is 9.86. The van der Waals surface area contributed by atoms with Crippen molar-refractivity contribution in [1.82, 2.24) is 9.78 Å². The van der Waals surface area contributed by atoms with Crippen molar-refractivity contribution in [1.29, 1.82) is 0 Å². The number of nitrogens with zero attached hydrogens (tertiary/aromatic N) is 2. The number of hydrogen-bond acceptors (Lipinski definition) is 2. The predicted molar refractivity (Wildman–Crippen MR) is 90.6 cm³/mol. The second-order valence-corrected chi connectivity index (χ2v) is 5.71. The van der Waals surface area contributed by atoms with Gasteiger partial charge < -0.3 is 0 Å². The van der Waals surface area contributed by atoms with Crippen molar-refractivity contribution in [2.24, 2.45) is 0 Å². The molecule has 3 heteroatoms. The van der Waals surface area contributed by atoms with Crippen molar-refractivity contribution < 1.29 is 4.79 Å². The van der Waals surface area contributed by atoms with Gasteiger partial charge in [-0.3, -0.25) is 4.79 Å². The lowest BCUT2D eigenvalue weighted by molar-refractivity contribution is 0.102. The number of para-hydroxylation sites is 1. The van der Waals surface area contributed by atoms with E-state index in [-0.39, 0.29) is 5.78 Å². The number of fused-ring (bicyclic) bond motifs is 1. The van der Waals surface area contributed by atoms with Crippen molar-refractivity contribution >= 4 is 11.9 Å². The number of hydrogen-bond donors (Lipinski definition) is 0. The van der Waals surface area contributed by atoms with Crippen LogP contribution in [0.4, 0.5) is 0 Å². The highest BCUT2D eigenvalue weighted by molar-refractivity contribution is 6.13. The Hall–Kier alpha value is -2.94. The SMILES string of the molecule is O=C1/C(=C/c2cnn(-c3ccccc3)c2)CCc2ccccc21. The molecule has 0 fully saturated rings. The monoisotopic (exact) mass is 300 g/mol. The van der Waals surface area contributed by atoms with Crippen molar-refractivity contribution in [2.45, 2.75) is 12.8 Å². The number of rotatable bonds is 2. The molecule has 0 atom stereocenters. The molecule has 112 valence electrons. The van der Waals surface area contributed by atoms with Crippen molar-refractivity contribution in [3.05, 3.63) is 89.3 Å². The highest BCUT2D eigenvalue weighted by Gasteiger charge is 2.21. The summed E-state index contributed by atoms with van der Waals surface area (Å²) in [5.74, 6) is 0.138. The van der Waals surface area contributed by atoms with E-state index in [0.29, 0.717) is 0 Å². The number of allylic oxidation sites excluding steroid dienone is 1. The third kappa shape index (κ3) is 2.61. The highest BCUT2D eigenvalue weighted by atomic mass is 16.1. The first-order valence-corrected chi connectivity index (χ1v) is 7.74. The number of carbonyl (C=O) groups excluding carboxylic acids is 1. The first kappa shape index (κ1) is 13.7. The maximum Gasteiger partial charge on any atom is 0.189 e. The summed E-state index contributed by atoms with van der Waals surface area (Å²) in [5, 5.41) is 4.38. The Labute approximate surface area is 134 Å². The maximum absolute atomic E-state index is 12.6. The van der Waals surface area contributed by atoms with E-state index in [1.54, 1.807) is 6.20 Å². The van der Waals surface area contributed by atoms with E-state index in [1.807, 2.05) is 71.6 Å². The van der Waals surface area contributed by atoms with Crippen LogP contribution in [0.1, 0.15) is 27.9 Å². The van der Waals surface area contributed by atoms with Gasteiger partial charge in [-0.2, -0.15) is 5.10 Å². The van der Waals surface area contributed by atoms with Gasteiger partial charge in [-0.25, -0.2) is 4.68 Å². The third-order valence-electron chi connectivity index (χ3n) is 4.18. The smallest absolute Gasteiger partial charge is 0.189 e. The largest absolute Gasteiger partial charge is 0.289 e. The molecule has 0 aliphatic heterocycles. The molecule has 0 bridgehead atoms. The molecule has 1 aliphatic rings. The first-order valence-electron chi connectivity index (χ1n) is 7.74. The average Bonchev–Trinajstić information content (AvgIpc) is 3.07. The van der Waals surface area contributed by atoms with Crippen LogP contribution in [-0.2, 0) is 6.42 Å². The van der Waals surface area contributed by atoms with E-state index in [9.17, 15) is 4.79 Å². The number of ketones is 1. The Morgan fingerprint density at radius 1 is 0.957 bits per heavy atom. The van der Waals surface area contributed by atoms with E-state index in [4.69, 9.17) is 0 Å². The Morgan fingerprint density at radius 2 is 1.74 bits per heavy atom. The fraction of sp³-hybridized carbons (Fsp3) is 0.100. The molecular formula is C20H16N2O. The molecule has 0 unspecified atom stereocenters. The van der Waals surface area contributed by atoms with E-state index >= 15 is 0 Å². The molecule has 0 spiro atoms. The zero-order chi connectivity index (χ0) is 15.6. The fourth-order valence-corrected chi connectivity index (χ4v) is 2.99. The third-order valence-corrected chi connectivity index (χ3v) is 4.18. The van der Waals surface area contributed by atoms with Gasteiger partial charge in [0.15, 0.2) is 5.78 Å². The number of benzene rings is 2. The molecule has 3 nitrogen and oxygen atoms in total. The molecular weight excluding hydrogens is 284 g/mol. The molecule has 0 N–H and O–H groups in total. The van der Waals surface area contributed by atoms with Crippen LogP contribution in [0.5, 0.6) is 0 Å². The lowest BCUT2D eigenvalue weighted by Gasteiger charge is -2.16. The van der Waals surface area contributed by atoms with E-state index < -0.39 is 0 Å². The van der Waals surface area contributed by atoms with E-state index in [2.05, 4.69) is 5.10 Å². The van der Waals surface area contributed by atoms with Crippen molar-refractivity contribution in [3.63, 3.8) is 0 Å². The standard InChI is InChI=1S/C20H16N2O/c23-20-17(11-10-16-6-4-5-9-19(16)20)12-15-13-21-22(14-15)18-7-2-1-3-8-18/h1-9,12-14H,10-11H2/b17-12+. The van der Waals surface area contributed by atoms with Crippen molar-refractivity contribution in [2.75, 3.05) is 0 Å². The summed E-state index contributed by atoms with van der Waals surface area (Å²) >= 11 is 0. The first-order chi connectivity index (χ1) is 11.3. The van der Waals surface area contributed by atoms with Crippen LogP contribution >= 0.6 is 0 Å². The minimum absolute atomic E-state index is 0.138. The van der Waals surface area contributed by atoms with Crippen molar-refractivity contribution in [3.8, 4) is 5.69 Å². The zero-order valence-electron chi connectivity index (χ0n) is 12.6. The minimum atomic E-state index is 0.138. The summed E-state index contributed by atoms with van der Waals surface area (Å²) in [5.41, 5.74) is 4.81. The molecule has 0 radical (unpaired) electrons. The number of Topliss-reactive ketones (excluding diaryl/α,β-unsaturated/α-hetero) is 1. The second-order valence-electron chi connectivity index (χ2n) is 5.71. The Bertz CT molecular complexity index is 891. The van der Waals surface area contributed by atoms with Gasteiger partial charge in [0, 0.05) is 22.9 Å². The van der Waals surface area contributed by atoms with Crippen LogP contribution in [0, 0.1) is 0 Å². The molecule has 1 aliphatic carbocycles. The molecule has 1 aromatic heterocycles. The molecule has 0 saturated carbocycles. The van der Waals surface area contributed by atoms with Gasteiger partial charge in [-0.1, -0.05) is 42.5 Å². The normalized spacial score (nSPS) is 15.7. The van der Waals surface area contributed by atoms with Gasteiger partial charge in [-0.15, -0.1) is 0 Å². The molecule has 4 rings (SSSR count). The average molecular weight is 300 g/mol. The fourth-order valence-electron chi connectivity index (χ4n) is 2.99. The van der Waals surface area contributed by atoms with Crippen LogP contribution in [-0.4, -0.2) is 15.6 Å². The number of aromatic nitrogens is 2. The summed E-state index contributed by atoms with van der Waals surface area (Å²) in [6, 6.07) is 17.8. The molecule has 0 saturated heterocycles. The van der Waals surface area contributed by atoms with E-state index in [0.717, 1.165) is 40.8 Å². The van der Waals surface area contributed by atoms with Gasteiger partial charge in [0.1, 0.15) is 0 Å². The highest BCUT2D eigenvalue weighted by Crippen LogP contribution is 2.26. The van der Waals surface area contributed by atoms with Crippen LogP contribution in [0.25, 0.3) is 11.8 Å². The van der Waals surface area contributed by atoms with Crippen LogP contribution in [0.2, 0.25) is 0 Å². The van der Waals surface area contributed by atoms with Crippen LogP contribution < -0.4 is 0 Å². The van der Waals surface area contributed by atoms with Gasteiger partial charge in [0.2, 0.25) is 0 Å². The summed E-state index contributed by atoms with van der Waals surface area (Å²) in [4.78, 5) is 12.6. The summed E-state index contributed by atoms with van der Waals surface area (Å²) in [7, 11) is 0. The summed E-state index contributed by atoms with van der Waals surface area (Å²) in [6.45, 7) is 0. The Kier molecular flexibility index (Phi) is 3.39. The quantitative estimate of drug-likeness (QED) is 0.668. The topological polar surface area (TPSA) is 34.9 Å². The summed E-state index contributed by atoms with van der Waals surface area (Å²) < 4.78 is 1.83. The minimum Gasteiger partial charge on any atom is -0.289 e. The van der Waals surface area contributed by atoms with Gasteiger partial charge in [0.05, 0.1) is 11.9 Å². The van der Waals surface area contributed by atoms with Crippen LogP contribution in [0.15, 0.2) is 72.6 Å². The predicted octanol–water partition coefficient (Wildman–Crippen LogP) is 4.08. The Balaban J connectivity index is 1.65. The summed E-state index contributed by atoms with van der Waals surface area (Å²) in [6.07, 6.45) is 7.42. The zero-order valence-corrected chi connectivity index (χ0v) is 12.6. The van der Waals surface area contributed by atoms with Crippen LogP contribution in [0.3, 0.4) is 0 Å². The second kappa shape index (κ2) is 5.69. The lowest BCUT2D eigenvalue weighted by Crippen LogP contribution is -2.13.